The summed E-state index contributed by atoms with van der Waals surface area (Å²) >= 11 is 0. The van der Waals surface area contributed by atoms with E-state index in [-0.39, 0.29) is 24.9 Å². The van der Waals surface area contributed by atoms with Gasteiger partial charge in [0.05, 0.1) is 5.69 Å². The summed E-state index contributed by atoms with van der Waals surface area (Å²) < 4.78 is 7.01. The number of rotatable bonds is 6. The average molecular weight is 469 g/mol. The number of nitrogens with two attached hydrogens (primary N) is 1. The summed E-state index contributed by atoms with van der Waals surface area (Å²) in [5.41, 5.74) is 10.3. The Hall–Kier alpha value is -4.53. The number of anilines is 1. The topological polar surface area (TPSA) is 125 Å². The lowest BCUT2D eigenvalue weighted by Gasteiger charge is -2.24. The standard InChI is InChI=1S/C26H24N6O3/c1-15-12-16(2)29-26(28-15)32-25-23(24(31-32)18-6-4-3-5-7-18)20(13-22(34)30-25)17-8-10-19(11-9-17)35-14-21(27)33/h3-12,20H,13-14H2,1-2H3,(H2,27,33)(H,30,34). The molecule has 2 aromatic heterocycles. The molecule has 0 spiro atoms. The zero-order chi connectivity index (χ0) is 24.5. The van der Waals surface area contributed by atoms with Crippen molar-refractivity contribution in [2.45, 2.75) is 26.2 Å². The van der Waals surface area contributed by atoms with Crippen molar-refractivity contribution in [3.8, 4) is 23.0 Å². The lowest BCUT2D eigenvalue weighted by molar-refractivity contribution is -0.120. The van der Waals surface area contributed by atoms with Crippen LogP contribution in [0, 0.1) is 13.8 Å². The van der Waals surface area contributed by atoms with E-state index in [0.717, 1.165) is 33.8 Å². The highest BCUT2D eigenvalue weighted by Crippen LogP contribution is 2.43. The number of nitrogens with one attached hydrogen (secondary N) is 1. The monoisotopic (exact) mass is 468 g/mol. The summed E-state index contributed by atoms with van der Waals surface area (Å²) in [5.74, 6) is 0.563. The van der Waals surface area contributed by atoms with Gasteiger partial charge in [-0.2, -0.15) is 9.78 Å². The van der Waals surface area contributed by atoms with Crippen LogP contribution in [0.15, 0.2) is 60.7 Å². The quantitative estimate of drug-likeness (QED) is 0.447. The second-order valence-electron chi connectivity index (χ2n) is 8.47. The fourth-order valence-corrected chi connectivity index (χ4v) is 4.34. The first-order valence-corrected chi connectivity index (χ1v) is 11.2. The molecule has 1 aliphatic rings. The maximum atomic E-state index is 12.8. The number of ether oxygens (including phenoxy) is 1. The summed E-state index contributed by atoms with van der Waals surface area (Å²) in [5, 5.41) is 7.90. The molecule has 0 saturated heterocycles. The molecule has 2 amide bonds. The molecule has 1 unspecified atom stereocenters. The first kappa shape index (κ1) is 22.3. The number of amides is 2. The Balaban J connectivity index is 1.66. The van der Waals surface area contributed by atoms with Crippen LogP contribution >= 0.6 is 0 Å². The van der Waals surface area contributed by atoms with Gasteiger partial charge >= 0.3 is 0 Å². The van der Waals surface area contributed by atoms with E-state index in [9.17, 15) is 9.59 Å². The molecule has 2 aromatic carbocycles. The molecule has 5 rings (SSSR count). The average Bonchev–Trinajstić information content (AvgIpc) is 3.22. The van der Waals surface area contributed by atoms with E-state index in [1.807, 2.05) is 62.4 Å². The summed E-state index contributed by atoms with van der Waals surface area (Å²) in [4.78, 5) is 33.0. The van der Waals surface area contributed by atoms with Crippen LogP contribution in [0.3, 0.4) is 0 Å². The fraction of sp³-hybridized carbons (Fsp3) is 0.192. The molecule has 3 heterocycles. The van der Waals surface area contributed by atoms with E-state index in [4.69, 9.17) is 15.6 Å². The largest absolute Gasteiger partial charge is 0.484 e. The maximum absolute atomic E-state index is 12.8. The van der Waals surface area contributed by atoms with Gasteiger partial charge in [0.15, 0.2) is 6.61 Å². The zero-order valence-electron chi connectivity index (χ0n) is 19.4. The van der Waals surface area contributed by atoms with E-state index < -0.39 is 5.91 Å². The molecular weight excluding hydrogens is 444 g/mol. The summed E-state index contributed by atoms with van der Waals surface area (Å²) in [6, 6.07) is 19.0. The highest BCUT2D eigenvalue weighted by Gasteiger charge is 2.35. The molecule has 9 heteroatoms. The van der Waals surface area contributed by atoms with Crippen molar-refractivity contribution >= 4 is 17.6 Å². The number of hydrogen-bond donors (Lipinski definition) is 2. The van der Waals surface area contributed by atoms with E-state index in [2.05, 4.69) is 15.3 Å². The Morgan fingerprint density at radius 2 is 1.77 bits per heavy atom. The normalized spacial score (nSPS) is 14.8. The van der Waals surface area contributed by atoms with Crippen molar-refractivity contribution in [2.24, 2.45) is 5.73 Å². The van der Waals surface area contributed by atoms with Gasteiger partial charge in [-0.3, -0.25) is 9.59 Å². The van der Waals surface area contributed by atoms with Crippen LogP contribution in [0.1, 0.15) is 34.9 Å². The second-order valence-corrected chi connectivity index (χ2v) is 8.47. The SMILES string of the molecule is Cc1cc(C)nc(-n2nc(-c3ccccc3)c3c2NC(=O)CC3c2ccc(OCC(N)=O)cc2)n1. The van der Waals surface area contributed by atoms with Gasteiger partial charge in [-0.15, -0.1) is 0 Å². The van der Waals surface area contributed by atoms with E-state index in [1.165, 1.54) is 0 Å². The molecule has 1 aliphatic heterocycles. The molecule has 3 N–H and O–H groups in total. The van der Waals surface area contributed by atoms with Crippen LogP contribution in [0.25, 0.3) is 17.2 Å². The van der Waals surface area contributed by atoms with Crippen LogP contribution in [-0.2, 0) is 9.59 Å². The molecule has 1 atom stereocenters. The Morgan fingerprint density at radius 1 is 1.09 bits per heavy atom. The molecule has 4 aromatic rings. The maximum Gasteiger partial charge on any atom is 0.255 e. The van der Waals surface area contributed by atoms with Crippen molar-refractivity contribution in [3.05, 3.63) is 83.2 Å². The van der Waals surface area contributed by atoms with Gasteiger partial charge in [0.25, 0.3) is 11.9 Å². The van der Waals surface area contributed by atoms with Crippen LogP contribution in [-0.4, -0.2) is 38.2 Å². The number of aryl methyl sites for hydroxylation is 2. The Labute approximate surface area is 202 Å². The van der Waals surface area contributed by atoms with Gasteiger partial charge in [0, 0.05) is 34.9 Å². The second kappa shape index (κ2) is 9.02. The minimum Gasteiger partial charge on any atom is -0.484 e. The van der Waals surface area contributed by atoms with E-state index >= 15 is 0 Å². The highest BCUT2D eigenvalue weighted by atomic mass is 16.5. The third-order valence-corrected chi connectivity index (χ3v) is 5.79. The van der Waals surface area contributed by atoms with E-state index in [1.54, 1.807) is 16.8 Å². The minimum absolute atomic E-state index is 0.123. The Bertz CT molecular complexity index is 1390. The molecule has 0 bridgehead atoms. The molecule has 35 heavy (non-hydrogen) atoms. The number of carbonyl (C=O) groups is 2. The van der Waals surface area contributed by atoms with Gasteiger partial charge < -0.3 is 15.8 Å². The molecule has 0 saturated carbocycles. The zero-order valence-corrected chi connectivity index (χ0v) is 19.4. The van der Waals surface area contributed by atoms with Gasteiger partial charge in [0.2, 0.25) is 5.91 Å². The van der Waals surface area contributed by atoms with Gasteiger partial charge in [0.1, 0.15) is 11.6 Å². The smallest absolute Gasteiger partial charge is 0.255 e. The highest BCUT2D eigenvalue weighted by molar-refractivity contribution is 5.96. The van der Waals surface area contributed by atoms with Gasteiger partial charge in [-0.25, -0.2) is 9.97 Å². The van der Waals surface area contributed by atoms with Crippen molar-refractivity contribution in [3.63, 3.8) is 0 Å². The predicted molar refractivity (Wildman–Crippen MR) is 130 cm³/mol. The molecular formula is C26H24N6O3. The van der Waals surface area contributed by atoms with Crippen LogP contribution < -0.4 is 15.8 Å². The Morgan fingerprint density at radius 3 is 2.43 bits per heavy atom. The van der Waals surface area contributed by atoms with Crippen LogP contribution in [0.4, 0.5) is 5.82 Å². The summed E-state index contributed by atoms with van der Waals surface area (Å²) in [6.07, 6.45) is 0.258. The van der Waals surface area contributed by atoms with Gasteiger partial charge in [-0.1, -0.05) is 42.5 Å². The predicted octanol–water partition coefficient (Wildman–Crippen LogP) is 3.28. The lowest BCUT2D eigenvalue weighted by atomic mass is 9.84. The molecule has 0 fully saturated rings. The summed E-state index contributed by atoms with van der Waals surface area (Å²) in [7, 11) is 0. The first-order valence-electron chi connectivity index (χ1n) is 11.2. The van der Waals surface area contributed by atoms with Gasteiger partial charge in [-0.05, 0) is 37.6 Å². The first-order chi connectivity index (χ1) is 16.9. The van der Waals surface area contributed by atoms with Crippen molar-refractivity contribution in [1.29, 1.82) is 0 Å². The van der Waals surface area contributed by atoms with Crippen LogP contribution in [0.2, 0.25) is 0 Å². The number of benzene rings is 2. The molecule has 0 radical (unpaired) electrons. The summed E-state index contributed by atoms with van der Waals surface area (Å²) in [6.45, 7) is 3.60. The number of hydrogen-bond acceptors (Lipinski definition) is 6. The third kappa shape index (κ3) is 4.48. The molecule has 0 aliphatic carbocycles. The number of nitrogens with zero attached hydrogens (tertiary/aromatic N) is 4. The lowest BCUT2D eigenvalue weighted by Crippen LogP contribution is -2.25. The van der Waals surface area contributed by atoms with Crippen molar-refractivity contribution < 1.29 is 14.3 Å². The van der Waals surface area contributed by atoms with E-state index in [0.29, 0.717) is 17.5 Å². The van der Waals surface area contributed by atoms with Crippen LogP contribution in [0.5, 0.6) is 5.75 Å². The van der Waals surface area contributed by atoms with Crippen molar-refractivity contribution in [1.82, 2.24) is 19.7 Å². The number of fused-ring (bicyclic) bond motifs is 1. The number of primary amides is 1. The minimum atomic E-state index is -0.545. The molecule has 9 nitrogen and oxygen atoms in total. The Kier molecular flexibility index (Phi) is 5.74. The van der Waals surface area contributed by atoms with Crippen molar-refractivity contribution in [2.75, 3.05) is 11.9 Å². The third-order valence-electron chi connectivity index (χ3n) is 5.79. The number of aromatic nitrogens is 4. The number of carbonyl (C=O) groups excluding carboxylic acids is 2. The fourth-order valence-electron chi connectivity index (χ4n) is 4.34. The molecule has 176 valence electrons.